The molecule has 1 aromatic carbocycles. The van der Waals surface area contributed by atoms with E-state index in [4.69, 9.17) is 11.6 Å². The largest absolute Gasteiger partial charge is 0.353 e. The lowest BCUT2D eigenvalue weighted by atomic mass is 10.0. The van der Waals surface area contributed by atoms with Crippen LogP contribution < -0.4 is 0 Å². The lowest BCUT2D eigenvalue weighted by molar-refractivity contribution is 1.22. The number of nitrogens with one attached hydrogen (secondary N) is 1. The standard InChI is InChI=1S/C14H13ClN2.C2H6/c1-7-6-11(15)8(2)12-10-4-5-16-9(3)14(10)17-13(7)12;1-2/h4-6,17H,1-3H3;1-2H3. The Morgan fingerprint density at radius 1 is 1.11 bits per heavy atom. The van der Waals surface area contributed by atoms with Crippen molar-refractivity contribution in [1.82, 2.24) is 9.97 Å². The van der Waals surface area contributed by atoms with Crippen LogP contribution in [0, 0.1) is 20.8 Å². The summed E-state index contributed by atoms with van der Waals surface area (Å²) in [6.07, 6.45) is 1.85. The molecule has 3 rings (SSSR count). The zero-order valence-electron chi connectivity index (χ0n) is 12.1. The van der Waals surface area contributed by atoms with Gasteiger partial charge in [-0.15, -0.1) is 0 Å². The number of aromatic amines is 1. The van der Waals surface area contributed by atoms with Gasteiger partial charge < -0.3 is 4.98 Å². The van der Waals surface area contributed by atoms with E-state index >= 15 is 0 Å². The quantitative estimate of drug-likeness (QED) is 0.590. The Labute approximate surface area is 118 Å². The summed E-state index contributed by atoms with van der Waals surface area (Å²) >= 11 is 6.26. The fourth-order valence-corrected chi connectivity index (χ4v) is 2.69. The molecule has 100 valence electrons. The first-order valence-electron chi connectivity index (χ1n) is 6.62. The van der Waals surface area contributed by atoms with Crippen LogP contribution in [-0.4, -0.2) is 9.97 Å². The van der Waals surface area contributed by atoms with Crippen molar-refractivity contribution in [1.29, 1.82) is 0 Å². The second kappa shape index (κ2) is 5.22. The number of hydrogen-bond acceptors (Lipinski definition) is 1. The van der Waals surface area contributed by atoms with Crippen molar-refractivity contribution in [2.24, 2.45) is 0 Å². The number of hydrogen-bond donors (Lipinski definition) is 1. The molecule has 0 unspecified atom stereocenters. The molecule has 0 saturated heterocycles. The molecule has 0 aliphatic heterocycles. The molecule has 1 N–H and O–H groups in total. The summed E-state index contributed by atoms with van der Waals surface area (Å²) in [6, 6.07) is 4.06. The zero-order chi connectivity index (χ0) is 14.2. The smallest absolute Gasteiger partial charge is 0.0681 e. The lowest BCUT2D eigenvalue weighted by Crippen LogP contribution is -1.82. The van der Waals surface area contributed by atoms with Gasteiger partial charge in [-0.1, -0.05) is 25.4 Å². The van der Waals surface area contributed by atoms with Crippen LogP contribution in [0.5, 0.6) is 0 Å². The highest BCUT2D eigenvalue weighted by Gasteiger charge is 2.12. The second-order valence-electron chi connectivity index (χ2n) is 4.49. The normalized spacial score (nSPS) is 10.6. The van der Waals surface area contributed by atoms with Gasteiger partial charge in [0, 0.05) is 27.5 Å². The maximum absolute atomic E-state index is 6.26. The van der Waals surface area contributed by atoms with Crippen LogP contribution in [0.1, 0.15) is 30.7 Å². The highest BCUT2D eigenvalue weighted by molar-refractivity contribution is 6.33. The van der Waals surface area contributed by atoms with E-state index < -0.39 is 0 Å². The van der Waals surface area contributed by atoms with Crippen LogP contribution >= 0.6 is 11.6 Å². The monoisotopic (exact) mass is 274 g/mol. The van der Waals surface area contributed by atoms with Gasteiger partial charge in [-0.25, -0.2) is 0 Å². The molecular formula is C16H19ClN2. The van der Waals surface area contributed by atoms with Crippen LogP contribution in [0.25, 0.3) is 21.8 Å². The van der Waals surface area contributed by atoms with Gasteiger partial charge in [0.25, 0.3) is 0 Å². The summed E-state index contributed by atoms with van der Waals surface area (Å²) in [7, 11) is 0. The number of benzene rings is 1. The van der Waals surface area contributed by atoms with E-state index in [0.717, 1.165) is 27.3 Å². The molecule has 2 heterocycles. The van der Waals surface area contributed by atoms with E-state index in [1.165, 1.54) is 16.3 Å². The average molecular weight is 275 g/mol. The summed E-state index contributed by atoms with van der Waals surface area (Å²) in [5.41, 5.74) is 5.60. The van der Waals surface area contributed by atoms with Crippen LogP contribution in [0.4, 0.5) is 0 Å². The number of H-pyrrole nitrogens is 1. The number of fused-ring (bicyclic) bond motifs is 3. The van der Waals surface area contributed by atoms with Gasteiger partial charge in [0.05, 0.1) is 11.2 Å². The van der Waals surface area contributed by atoms with E-state index in [9.17, 15) is 0 Å². The Hall–Kier alpha value is -1.54. The minimum atomic E-state index is 0.824. The maximum atomic E-state index is 6.26. The third kappa shape index (κ3) is 2.10. The summed E-state index contributed by atoms with van der Waals surface area (Å²) in [5.74, 6) is 0. The van der Waals surface area contributed by atoms with Gasteiger partial charge in [0.15, 0.2) is 0 Å². The third-order valence-electron chi connectivity index (χ3n) is 3.38. The third-order valence-corrected chi connectivity index (χ3v) is 3.77. The molecular weight excluding hydrogens is 256 g/mol. The van der Waals surface area contributed by atoms with E-state index in [1.807, 2.05) is 39.1 Å². The Kier molecular flexibility index (Phi) is 3.81. The minimum absolute atomic E-state index is 0.824. The zero-order valence-corrected chi connectivity index (χ0v) is 12.8. The van der Waals surface area contributed by atoms with Crippen molar-refractivity contribution in [3.8, 4) is 0 Å². The van der Waals surface area contributed by atoms with Gasteiger partial charge in [-0.2, -0.15) is 0 Å². The summed E-state index contributed by atoms with van der Waals surface area (Å²) in [6.45, 7) is 10.2. The predicted octanol–water partition coefficient (Wildman–Crippen LogP) is 5.32. The Morgan fingerprint density at radius 3 is 2.47 bits per heavy atom. The second-order valence-corrected chi connectivity index (χ2v) is 4.90. The molecule has 0 bridgehead atoms. The Morgan fingerprint density at radius 2 is 1.79 bits per heavy atom. The number of aromatic nitrogens is 2. The Balaban J connectivity index is 0.000000637. The fourth-order valence-electron chi connectivity index (χ4n) is 2.43. The molecule has 0 atom stereocenters. The van der Waals surface area contributed by atoms with Gasteiger partial charge in [-0.3, -0.25) is 4.98 Å². The molecule has 0 fully saturated rings. The molecule has 3 heteroatoms. The summed E-state index contributed by atoms with van der Waals surface area (Å²) in [5, 5.41) is 3.25. The van der Waals surface area contributed by atoms with Crippen molar-refractivity contribution in [3.63, 3.8) is 0 Å². The van der Waals surface area contributed by atoms with E-state index in [1.54, 1.807) is 0 Å². The summed E-state index contributed by atoms with van der Waals surface area (Å²) in [4.78, 5) is 7.78. The number of halogens is 1. The number of nitrogens with zero attached hydrogens (tertiary/aromatic N) is 1. The topological polar surface area (TPSA) is 28.7 Å². The highest BCUT2D eigenvalue weighted by Crippen LogP contribution is 2.34. The van der Waals surface area contributed by atoms with Crippen molar-refractivity contribution < 1.29 is 0 Å². The maximum Gasteiger partial charge on any atom is 0.0681 e. The molecule has 19 heavy (non-hydrogen) atoms. The van der Waals surface area contributed by atoms with Gasteiger partial charge >= 0.3 is 0 Å². The first-order valence-corrected chi connectivity index (χ1v) is 7.00. The lowest BCUT2D eigenvalue weighted by Gasteiger charge is -2.03. The fraction of sp³-hybridized carbons (Fsp3) is 0.312. The number of rotatable bonds is 0. The first-order chi connectivity index (χ1) is 9.09. The molecule has 0 spiro atoms. The van der Waals surface area contributed by atoms with E-state index in [2.05, 4.69) is 23.8 Å². The molecule has 2 nitrogen and oxygen atoms in total. The van der Waals surface area contributed by atoms with Crippen molar-refractivity contribution >= 4 is 33.4 Å². The van der Waals surface area contributed by atoms with Crippen molar-refractivity contribution in [3.05, 3.63) is 40.2 Å². The Bertz CT molecular complexity index is 741. The van der Waals surface area contributed by atoms with E-state index in [-0.39, 0.29) is 0 Å². The van der Waals surface area contributed by atoms with Crippen LogP contribution in [0.3, 0.4) is 0 Å². The van der Waals surface area contributed by atoms with Crippen molar-refractivity contribution in [2.75, 3.05) is 0 Å². The molecule has 0 saturated carbocycles. The SMILES string of the molecule is CC.Cc1nccc2c1[nH]c1c(C)cc(Cl)c(C)c12. The molecule has 0 aliphatic rings. The van der Waals surface area contributed by atoms with Gasteiger partial charge in [-0.05, 0) is 44.0 Å². The molecule has 2 aromatic heterocycles. The number of aryl methyl sites for hydroxylation is 3. The van der Waals surface area contributed by atoms with Gasteiger partial charge in [0.2, 0.25) is 0 Å². The van der Waals surface area contributed by atoms with Gasteiger partial charge in [0.1, 0.15) is 0 Å². The predicted molar refractivity (Wildman–Crippen MR) is 84.2 cm³/mol. The van der Waals surface area contributed by atoms with E-state index in [0.29, 0.717) is 0 Å². The average Bonchev–Trinajstić information content (AvgIpc) is 2.80. The molecule has 0 radical (unpaired) electrons. The molecule has 0 aliphatic carbocycles. The minimum Gasteiger partial charge on any atom is -0.353 e. The van der Waals surface area contributed by atoms with Crippen LogP contribution in [0.15, 0.2) is 18.3 Å². The number of pyridine rings is 1. The molecule has 0 amide bonds. The first kappa shape index (κ1) is 13.9. The highest BCUT2D eigenvalue weighted by atomic mass is 35.5. The van der Waals surface area contributed by atoms with Crippen molar-refractivity contribution in [2.45, 2.75) is 34.6 Å². The molecule has 3 aromatic rings. The summed E-state index contributed by atoms with van der Waals surface area (Å²) < 4.78 is 0. The van der Waals surface area contributed by atoms with Crippen LogP contribution in [-0.2, 0) is 0 Å². The van der Waals surface area contributed by atoms with Crippen LogP contribution in [0.2, 0.25) is 5.02 Å².